The lowest BCUT2D eigenvalue weighted by Gasteiger charge is -2.44. The van der Waals surface area contributed by atoms with Crippen molar-refractivity contribution < 1.29 is 19.1 Å². The third-order valence-corrected chi connectivity index (χ3v) is 7.51. The van der Waals surface area contributed by atoms with Gasteiger partial charge in [0.25, 0.3) is 0 Å². The molecule has 2 atom stereocenters. The van der Waals surface area contributed by atoms with Gasteiger partial charge in [-0.25, -0.2) is 4.79 Å². The maximum atomic E-state index is 13.1. The number of hydrogen-bond acceptors (Lipinski definition) is 5. The van der Waals surface area contributed by atoms with E-state index in [0.29, 0.717) is 25.9 Å². The van der Waals surface area contributed by atoms with Crippen LogP contribution < -0.4 is 0 Å². The molecule has 2 fully saturated rings. The monoisotopic (exact) mass is 502 g/mol. The van der Waals surface area contributed by atoms with Crippen LogP contribution in [0.15, 0.2) is 59.1 Å². The molecule has 2 amide bonds. The highest BCUT2D eigenvalue weighted by Gasteiger charge is 2.44. The Hall–Kier alpha value is -2.32. The van der Waals surface area contributed by atoms with Crippen molar-refractivity contribution in [3.05, 3.63) is 70.2 Å². The van der Waals surface area contributed by atoms with E-state index in [1.807, 2.05) is 61.5 Å². The van der Waals surface area contributed by atoms with Crippen LogP contribution in [0.2, 0.25) is 0 Å². The molecular formula is C23H23BrN2O4S. The Morgan fingerprint density at radius 2 is 1.81 bits per heavy atom. The first kappa shape index (κ1) is 21.9. The van der Waals surface area contributed by atoms with Gasteiger partial charge in [-0.15, -0.1) is 0 Å². The van der Waals surface area contributed by atoms with E-state index < -0.39 is 11.5 Å². The van der Waals surface area contributed by atoms with Crippen molar-refractivity contribution in [3.8, 4) is 0 Å². The summed E-state index contributed by atoms with van der Waals surface area (Å²) in [6.07, 6.45) is 0.668. The molecule has 2 saturated heterocycles. The summed E-state index contributed by atoms with van der Waals surface area (Å²) in [4.78, 5) is 38.5. The van der Waals surface area contributed by atoms with E-state index in [0.717, 1.165) is 15.6 Å². The molecule has 2 aromatic rings. The van der Waals surface area contributed by atoms with Crippen LogP contribution in [0, 0.1) is 0 Å². The maximum absolute atomic E-state index is 13.1. The first-order valence-corrected chi connectivity index (χ1v) is 11.9. The fourth-order valence-electron chi connectivity index (χ4n) is 4.05. The number of Topliss-reactive ketones (excluding diaryl/α,β-unsaturated/α-hetero) is 1. The number of nitrogens with zero attached hydrogens (tertiary/aromatic N) is 2. The van der Waals surface area contributed by atoms with Crippen molar-refractivity contribution in [1.82, 2.24) is 9.21 Å². The quantitative estimate of drug-likeness (QED) is 0.423. The van der Waals surface area contributed by atoms with Gasteiger partial charge in [-0.05, 0) is 42.1 Å². The molecule has 2 aliphatic heterocycles. The highest BCUT2D eigenvalue weighted by Crippen LogP contribution is 2.40. The van der Waals surface area contributed by atoms with E-state index in [2.05, 4.69) is 15.9 Å². The van der Waals surface area contributed by atoms with E-state index >= 15 is 0 Å². The van der Waals surface area contributed by atoms with Gasteiger partial charge >= 0.3 is 12.0 Å². The van der Waals surface area contributed by atoms with Crippen LogP contribution in [0.1, 0.15) is 36.9 Å². The smallest absolute Gasteiger partial charge is 0.411 e. The molecule has 2 aromatic carbocycles. The summed E-state index contributed by atoms with van der Waals surface area (Å²) in [5.74, 6) is -0.676. The predicted molar refractivity (Wildman–Crippen MR) is 122 cm³/mol. The Labute approximate surface area is 194 Å². The lowest BCUT2D eigenvalue weighted by molar-refractivity contribution is -0.139. The van der Waals surface area contributed by atoms with Crippen LogP contribution in [-0.2, 0) is 19.9 Å². The first-order valence-electron chi connectivity index (χ1n) is 10.2. The summed E-state index contributed by atoms with van der Waals surface area (Å²) in [5.41, 5.74) is 1.10. The molecular weight excluding hydrogens is 480 g/mol. The Morgan fingerprint density at radius 3 is 2.42 bits per heavy atom. The molecule has 0 aliphatic carbocycles. The predicted octanol–water partition coefficient (Wildman–Crippen LogP) is 4.70. The van der Waals surface area contributed by atoms with Crippen LogP contribution in [0.4, 0.5) is 4.79 Å². The van der Waals surface area contributed by atoms with E-state index in [4.69, 9.17) is 4.74 Å². The SMILES string of the molecule is C[C@@H](c1ccc(Br)cc1)N1CCC(CCN2SCC(=O)C2=O)(c2ccccc2)OC1=O. The number of halogens is 1. The van der Waals surface area contributed by atoms with Crippen LogP contribution in [0.5, 0.6) is 0 Å². The number of ether oxygens (including phenoxy) is 1. The molecule has 31 heavy (non-hydrogen) atoms. The minimum atomic E-state index is -0.833. The van der Waals surface area contributed by atoms with Gasteiger partial charge in [-0.2, -0.15) is 0 Å². The van der Waals surface area contributed by atoms with E-state index in [1.54, 1.807) is 4.90 Å². The van der Waals surface area contributed by atoms with Gasteiger partial charge in [0.15, 0.2) is 0 Å². The molecule has 6 nitrogen and oxygen atoms in total. The second kappa shape index (κ2) is 9.04. The second-order valence-electron chi connectivity index (χ2n) is 7.75. The summed E-state index contributed by atoms with van der Waals surface area (Å²) in [6.45, 7) is 2.87. The minimum absolute atomic E-state index is 0.122. The number of carbonyl (C=O) groups excluding carboxylic acids is 3. The van der Waals surface area contributed by atoms with Gasteiger partial charge in [0.2, 0.25) is 5.78 Å². The van der Waals surface area contributed by atoms with Crippen molar-refractivity contribution in [3.63, 3.8) is 0 Å². The largest absolute Gasteiger partial charge is 0.438 e. The third kappa shape index (κ3) is 4.50. The zero-order valence-electron chi connectivity index (χ0n) is 17.1. The van der Waals surface area contributed by atoms with Crippen LogP contribution in [0.3, 0.4) is 0 Å². The van der Waals surface area contributed by atoms with Crippen LogP contribution >= 0.6 is 27.9 Å². The second-order valence-corrected chi connectivity index (χ2v) is 9.66. The zero-order valence-corrected chi connectivity index (χ0v) is 19.5. The van der Waals surface area contributed by atoms with Crippen LogP contribution in [-0.4, -0.2) is 45.8 Å². The Kier molecular flexibility index (Phi) is 6.39. The number of carbonyl (C=O) groups is 3. The summed E-state index contributed by atoms with van der Waals surface area (Å²) >= 11 is 4.67. The molecule has 4 rings (SSSR count). The topological polar surface area (TPSA) is 66.9 Å². The van der Waals surface area contributed by atoms with Gasteiger partial charge in [0, 0.05) is 30.4 Å². The van der Waals surface area contributed by atoms with Gasteiger partial charge in [0.05, 0.1) is 11.8 Å². The normalized spacial score (nSPS) is 22.6. The summed E-state index contributed by atoms with van der Waals surface area (Å²) in [5, 5.41) is 0. The lowest BCUT2D eigenvalue weighted by Crippen LogP contribution is -2.49. The van der Waals surface area contributed by atoms with Crippen molar-refractivity contribution in [2.24, 2.45) is 0 Å². The average Bonchev–Trinajstić information content (AvgIpc) is 3.11. The molecule has 2 heterocycles. The van der Waals surface area contributed by atoms with Gasteiger partial charge in [0.1, 0.15) is 5.60 Å². The molecule has 0 aromatic heterocycles. The molecule has 0 N–H and O–H groups in total. The lowest BCUT2D eigenvalue weighted by atomic mass is 9.85. The van der Waals surface area contributed by atoms with Crippen molar-refractivity contribution >= 4 is 45.7 Å². The molecule has 0 spiro atoms. The molecule has 0 saturated carbocycles. The molecule has 2 aliphatic rings. The molecule has 8 heteroatoms. The number of cyclic esters (lactones) is 1. The molecule has 1 unspecified atom stereocenters. The number of benzene rings is 2. The number of ketones is 1. The fraction of sp³-hybridized carbons (Fsp3) is 0.348. The highest BCUT2D eigenvalue weighted by molar-refractivity contribution is 9.10. The fourth-order valence-corrected chi connectivity index (χ4v) is 5.15. The number of hydrogen-bond donors (Lipinski definition) is 0. The van der Waals surface area contributed by atoms with E-state index in [9.17, 15) is 14.4 Å². The van der Waals surface area contributed by atoms with Gasteiger partial charge in [-0.1, -0.05) is 58.4 Å². The van der Waals surface area contributed by atoms with E-state index in [-0.39, 0.29) is 23.7 Å². The Morgan fingerprint density at radius 1 is 1.10 bits per heavy atom. The first-order chi connectivity index (χ1) is 14.9. The molecule has 162 valence electrons. The Balaban J connectivity index is 1.53. The highest BCUT2D eigenvalue weighted by atomic mass is 79.9. The minimum Gasteiger partial charge on any atom is -0.438 e. The standard InChI is InChI=1S/C23H23BrN2O4S/c1-16(17-7-9-19(24)10-8-17)25-13-11-23(30-22(25)29,18-5-3-2-4-6-18)12-14-26-21(28)20(27)15-31-26/h2-10,16H,11-15H2,1H3/t16-,23?/m0/s1. The average molecular weight is 503 g/mol. The number of rotatable bonds is 6. The summed E-state index contributed by atoms with van der Waals surface area (Å²) in [6, 6.07) is 17.4. The summed E-state index contributed by atoms with van der Waals surface area (Å²) < 4.78 is 8.58. The summed E-state index contributed by atoms with van der Waals surface area (Å²) in [7, 11) is 0. The molecule has 0 radical (unpaired) electrons. The third-order valence-electron chi connectivity index (χ3n) is 5.93. The number of amides is 2. The van der Waals surface area contributed by atoms with Crippen molar-refractivity contribution in [1.29, 1.82) is 0 Å². The van der Waals surface area contributed by atoms with Crippen LogP contribution in [0.25, 0.3) is 0 Å². The van der Waals surface area contributed by atoms with Crippen molar-refractivity contribution in [2.75, 3.05) is 18.8 Å². The van der Waals surface area contributed by atoms with Gasteiger partial charge in [-0.3, -0.25) is 13.9 Å². The zero-order chi connectivity index (χ0) is 22.0. The maximum Gasteiger partial charge on any atom is 0.411 e. The van der Waals surface area contributed by atoms with E-state index in [1.165, 1.54) is 16.3 Å². The molecule has 0 bridgehead atoms. The van der Waals surface area contributed by atoms with Crippen molar-refractivity contribution in [2.45, 2.75) is 31.4 Å². The Bertz CT molecular complexity index is 985. The van der Waals surface area contributed by atoms with Gasteiger partial charge < -0.3 is 9.64 Å².